The van der Waals surface area contributed by atoms with E-state index >= 15 is 0 Å². The minimum absolute atomic E-state index is 0.212. The lowest BCUT2D eigenvalue weighted by Gasteiger charge is -2.15. The summed E-state index contributed by atoms with van der Waals surface area (Å²) < 4.78 is 7.90. The van der Waals surface area contributed by atoms with Crippen LogP contribution < -0.4 is 21.3 Å². The number of ether oxygens (including phenoxy) is 1. The summed E-state index contributed by atoms with van der Waals surface area (Å²) >= 11 is 0. The number of hydrogen-bond acceptors (Lipinski definition) is 5. The zero-order valence-corrected chi connectivity index (χ0v) is 16.8. The fourth-order valence-electron chi connectivity index (χ4n) is 3.16. The average Bonchev–Trinajstić information content (AvgIpc) is 2.74. The Labute approximate surface area is 167 Å². The number of rotatable bonds is 7. The van der Waals surface area contributed by atoms with E-state index in [2.05, 4.69) is 10.3 Å². The van der Waals surface area contributed by atoms with Crippen LogP contribution in [0.15, 0.2) is 46.1 Å². The van der Waals surface area contributed by atoms with Crippen LogP contribution in [-0.2, 0) is 31.4 Å². The molecular formula is C21H24N4O4. The third-order valence-electron chi connectivity index (χ3n) is 4.68. The van der Waals surface area contributed by atoms with Gasteiger partial charge in [-0.25, -0.2) is 14.3 Å². The molecule has 1 amide bonds. The van der Waals surface area contributed by atoms with E-state index in [4.69, 9.17) is 4.74 Å². The molecule has 0 aliphatic heterocycles. The Morgan fingerprint density at radius 1 is 1.17 bits per heavy atom. The molecule has 1 N–H and O–H groups in total. The van der Waals surface area contributed by atoms with Gasteiger partial charge in [0.25, 0.3) is 5.56 Å². The van der Waals surface area contributed by atoms with Crippen LogP contribution in [-0.4, -0.2) is 26.6 Å². The molecule has 8 heteroatoms. The van der Waals surface area contributed by atoms with E-state index < -0.39 is 17.2 Å². The van der Waals surface area contributed by atoms with Crippen LogP contribution >= 0.6 is 0 Å². The number of fused-ring (bicyclic) bond motifs is 1. The monoisotopic (exact) mass is 396 g/mol. The van der Waals surface area contributed by atoms with Gasteiger partial charge in [0, 0.05) is 25.4 Å². The first-order valence-electron chi connectivity index (χ1n) is 9.52. The second-order valence-corrected chi connectivity index (χ2v) is 6.59. The molecule has 0 radical (unpaired) electrons. The topological polar surface area (TPSA) is 95.2 Å². The molecule has 0 bridgehead atoms. The highest BCUT2D eigenvalue weighted by Gasteiger charge is 2.20. The standard InChI is InChI=1S/C21H24N4O4/c1-4-15-12-23-19-17(18(15)29-5-2)20(27)25(21(28)24(19)3)13-16(26)22-11-14-9-7-6-8-10-14/h6-10,12H,4-5,11,13H2,1-3H3,(H,22,26). The summed E-state index contributed by atoms with van der Waals surface area (Å²) in [6, 6.07) is 9.40. The van der Waals surface area contributed by atoms with Crippen molar-refractivity contribution >= 4 is 16.9 Å². The van der Waals surface area contributed by atoms with Crippen LogP contribution in [0, 0.1) is 0 Å². The normalized spacial score (nSPS) is 10.9. The summed E-state index contributed by atoms with van der Waals surface area (Å²) in [5.74, 6) is -0.0102. The van der Waals surface area contributed by atoms with E-state index in [9.17, 15) is 14.4 Å². The van der Waals surface area contributed by atoms with Gasteiger partial charge in [-0.05, 0) is 18.9 Å². The van der Waals surface area contributed by atoms with Gasteiger partial charge in [-0.3, -0.25) is 14.2 Å². The zero-order valence-electron chi connectivity index (χ0n) is 16.8. The van der Waals surface area contributed by atoms with Crippen molar-refractivity contribution in [1.29, 1.82) is 0 Å². The highest BCUT2D eigenvalue weighted by atomic mass is 16.5. The van der Waals surface area contributed by atoms with E-state index in [0.29, 0.717) is 25.3 Å². The number of pyridine rings is 1. The van der Waals surface area contributed by atoms with Crippen LogP contribution in [0.4, 0.5) is 0 Å². The number of amides is 1. The summed E-state index contributed by atoms with van der Waals surface area (Å²) in [4.78, 5) is 42.5. The second kappa shape index (κ2) is 8.72. The number of carbonyl (C=O) groups excluding carboxylic acids is 1. The third-order valence-corrected chi connectivity index (χ3v) is 4.68. The van der Waals surface area contributed by atoms with Crippen LogP contribution in [0.25, 0.3) is 11.0 Å². The SMILES string of the molecule is CCOc1c(CC)cnc2c1c(=O)n(CC(=O)NCc1ccccc1)c(=O)n2C. The Bertz CT molecular complexity index is 1150. The molecule has 0 unspecified atom stereocenters. The Hall–Kier alpha value is -3.42. The predicted octanol–water partition coefficient (Wildman–Crippen LogP) is 1.37. The van der Waals surface area contributed by atoms with Crippen LogP contribution in [0.5, 0.6) is 5.75 Å². The summed E-state index contributed by atoms with van der Waals surface area (Å²) in [6.45, 7) is 4.06. The van der Waals surface area contributed by atoms with Crippen molar-refractivity contribution in [3.05, 3.63) is 68.5 Å². The van der Waals surface area contributed by atoms with Gasteiger partial charge in [0.1, 0.15) is 17.7 Å². The van der Waals surface area contributed by atoms with Gasteiger partial charge in [-0.15, -0.1) is 0 Å². The molecular weight excluding hydrogens is 372 g/mol. The number of benzene rings is 1. The molecule has 3 aromatic rings. The number of nitrogens with one attached hydrogen (secondary N) is 1. The zero-order chi connectivity index (χ0) is 21.0. The van der Waals surface area contributed by atoms with Crippen molar-refractivity contribution in [3.8, 4) is 5.75 Å². The van der Waals surface area contributed by atoms with Crippen molar-refractivity contribution in [2.24, 2.45) is 7.05 Å². The molecule has 0 saturated heterocycles. The minimum atomic E-state index is -0.600. The molecule has 0 aliphatic carbocycles. The highest BCUT2D eigenvalue weighted by Crippen LogP contribution is 2.25. The van der Waals surface area contributed by atoms with Crippen molar-refractivity contribution in [3.63, 3.8) is 0 Å². The van der Waals surface area contributed by atoms with Crippen molar-refractivity contribution in [2.75, 3.05) is 6.61 Å². The smallest absolute Gasteiger partial charge is 0.332 e. The summed E-state index contributed by atoms with van der Waals surface area (Å²) in [5, 5.41) is 2.95. The van der Waals surface area contributed by atoms with Gasteiger partial charge in [0.15, 0.2) is 5.65 Å². The fraction of sp³-hybridized carbons (Fsp3) is 0.333. The molecule has 3 rings (SSSR count). The molecule has 0 fully saturated rings. The number of hydrogen-bond donors (Lipinski definition) is 1. The molecule has 1 aromatic carbocycles. The lowest BCUT2D eigenvalue weighted by Crippen LogP contribution is -2.43. The Morgan fingerprint density at radius 2 is 1.90 bits per heavy atom. The number of aromatic nitrogens is 3. The Morgan fingerprint density at radius 3 is 2.55 bits per heavy atom. The fourth-order valence-corrected chi connectivity index (χ4v) is 3.16. The van der Waals surface area contributed by atoms with E-state index in [1.807, 2.05) is 44.2 Å². The Balaban J connectivity index is 2.01. The molecule has 2 heterocycles. The van der Waals surface area contributed by atoms with Gasteiger partial charge in [-0.2, -0.15) is 0 Å². The first-order chi connectivity index (χ1) is 14.0. The summed E-state index contributed by atoms with van der Waals surface area (Å²) in [7, 11) is 1.52. The maximum absolute atomic E-state index is 13.1. The molecule has 0 spiro atoms. The first-order valence-corrected chi connectivity index (χ1v) is 9.52. The lowest BCUT2D eigenvalue weighted by atomic mass is 10.1. The number of carbonyl (C=O) groups is 1. The van der Waals surface area contributed by atoms with E-state index in [-0.39, 0.29) is 17.6 Å². The molecule has 0 aliphatic rings. The van der Waals surface area contributed by atoms with E-state index in [1.165, 1.54) is 11.6 Å². The van der Waals surface area contributed by atoms with Crippen molar-refractivity contribution < 1.29 is 9.53 Å². The molecule has 8 nitrogen and oxygen atoms in total. The largest absolute Gasteiger partial charge is 0.493 e. The van der Waals surface area contributed by atoms with Crippen molar-refractivity contribution in [2.45, 2.75) is 33.4 Å². The molecule has 0 atom stereocenters. The van der Waals surface area contributed by atoms with Gasteiger partial charge in [0.05, 0.1) is 6.61 Å². The van der Waals surface area contributed by atoms with Gasteiger partial charge >= 0.3 is 5.69 Å². The van der Waals surface area contributed by atoms with Crippen LogP contribution in [0.2, 0.25) is 0 Å². The average molecular weight is 396 g/mol. The predicted molar refractivity (Wildman–Crippen MR) is 110 cm³/mol. The lowest BCUT2D eigenvalue weighted by molar-refractivity contribution is -0.121. The number of aryl methyl sites for hydroxylation is 2. The first kappa shape index (κ1) is 20.3. The quantitative estimate of drug-likeness (QED) is 0.651. The summed E-state index contributed by atoms with van der Waals surface area (Å²) in [5.41, 5.74) is 0.757. The van der Waals surface area contributed by atoms with Gasteiger partial charge < -0.3 is 10.1 Å². The van der Waals surface area contributed by atoms with E-state index in [0.717, 1.165) is 15.7 Å². The third kappa shape index (κ3) is 4.06. The van der Waals surface area contributed by atoms with Crippen LogP contribution in [0.3, 0.4) is 0 Å². The molecule has 0 saturated carbocycles. The van der Waals surface area contributed by atoms with Gasteiger partial charge in [-0.1, -0.05) is 37.3 Å². The van der Waals surface area contributed by atoms with Crippen molar-refractivity contribution in [1.82, 2.24) is 19.4 Å². The van der Waals surface area contributed by atoms with Gasteiger partial charge in [0.2, 0.25) is 5.91 Å². The summed E-state index contributed by atoms with van der Waals surface area (Å²) in [6.07, 6.45) is 2.24. The molecule has 2 aromatic heterocycles. The maximum Gasteiger partial charge on any atom is 0.332 e. The second-order valence-electron chi connectivity index (χ2n) is 6.59. The van der Waals surface area contributed by atoms with Crippen LogP contribution in [0.1, 0.15) is 25.0 Å². The highest BCUT2D eigenvalue weighted by molar-refractivity contribution is 5.83. The minimum Gasteiger partial charge on any atom is -0.493 e. The van der Waals surface area contributed by atoms with E-state index in [1.54, 1.807) is 6.20 Å². The number of nitrogens with zero attached hydrogens (tertiary/aromatic N) is 3. The molecule has 29 heavy (non-hydrogen) atoms. The Kier molecular flexibility index (Phi) is 6.11. The molecule has 152 valence electrons. The maximum atomic E-state index is 13.1.